The average Bonchev–Trinajstić information content (AvgIpc) is 3.29. The number of amides is 2. The van der Waals surface area contributed by atoms with E-state index in [1.165, 1.54) is 0 Å². The molecule has 0 bridgehead atoms. The molecule has 30 heavy (non-hydrogen) atoms. The Labute approximate surface area is 177 Å². The monoisotopic (exact) mass is 402 g/mol. The first-order chi connectivity index (χ1) is 14.7. The molecule has 154 valence electrons. The van der Waals surface area contributed by atoms with Crippen molar-refractivity contribution < 1.29 is 14.3 Å². The van der Waals surface area contributed by atoms with Gasteiger partial charge in [-0.05, 0) is 36.6 Å². The van der Waals surface area contributed by atoms with Crippen LogP contribution in [0.15, 0.2) is 72.8 Å². The standard InChI is InChI=1S/C25H26N2O3/c1-29-19-14-15-21(24(17-19)30-2)23-13-8-16-27(23)25(28)26-22-12-7-6-11-20(22)18-9-4-3-5-10-18/h3-7,9-12,14-15,17,23H,8,13,16H2,1-2H3,(H,26,28). The van der Waals surface area contributed by atoms with Gasteiger partial charge in [0, 0.05) is 23.7 Å². The number of anilines is 1. The summed E-state index contributed by atoms with van der Waals surface area (Å²) in [4.78, 5) is 15.1. The Balaban J connectivity index is 1.59. The third kappa shape index (κ3) is 3.96. The fraction of sp³-hybridized carbons (Fsp3) is 0.240. The molecule has 0 saturated carbocycles. The number of nitrogens with one attached hydrogen (secondary N) is 1. The van der Waals surface area contributed by atoms with Crippen molar-refractivity contribution in [1.82, 2.24) is 4.90 Å². The maximum Gasteiger partial charge on any atom is 0.322 e. The molecule has 5 heteroatoms. The van der Waals surface area contributed by atoms with Crippen LogP contribution in [0, 0.1) is 0 Å². The number of hydrogen-bond acceptors (Lipinski definition) is 3. The Morgan fingerprint density at radius 1 is 0.967 bits per heavy atom. The van der Waals surface area contributed by atoms with Crippen molar-refractivity contribution in [2.75, 3.05) is 26.1 Å². The summed E-state index contributed by atoms with van der Waals surface area (Å²) in [7, 11) is 3.28. The lowest BCUT2D eigenvalue weighted by atomic mass is 10.0. The Morgan fingerprint density at radius 3 is 2.50 bits per heavy atom. The van der Waals surface area contributed by atoms with Gasteiger partial charge in [-0.3, -0.25) is 0 Å². The van der Waals surface area contributed by atoms with Crippen molar-refractivity contribution in [1.29, 1.82) is 0 Å². The molecule has 3 aromatic rings. The summed E-state index contributed by atoms with van der Waals surface area (Å²) in [6.45, 7) is 0.708. The van der Waals surface area contributed by atoms with E-state index in [-0.39, 0.29) is 12.1 Å². The van der Waals surface area contributed by atoms with Crippen molar-refractivity contribution in [3.8, 4) is 22.6 Å². The maximum atomic E-state index is 13.3. The van der Waals surface area contributed by atoms with Crippen molar-refractivity contribution >= 4 is 11.7 Å². The fourth-order valence-electron chi connectivity index (χ4n) is 4.08. The normalized spacial score (nSPS) is 15.7. The van der Waals surface area contributed by atoms with Gasteiger partial charge in [0.1, 0.15) is 11.5 Å². The van der Waals surface area contributed by atoms with E-state index in [9.17, 15) is 4.79 Å². The third-order valence-electron chi connectivity index (χ3n) is 5.57. The van der Waals surface area contributed by atoms with Gasteiger partial charge in [-0.15, -0.1) is 0 Å². The minimum Gasteiger partial charge on any atom is -0.497 e. The fourth-order valence-corrected chi connectivity index (χ4v) is 4.08. The zero-order valence-corrected chi connectivity index (χ0v) is 17.3. The van der Waals surface area contributed by atoms with Crippen LogP contribution in [0.4, 0.5) is 10.5 Å². The quantitative estimate of drug-likeness (QED) is 0.592. The van der Waals surface area contributed by atoms with E-state index < -0.39 is 0 Å². The highest BCUT2D eigenvalue weighted by atomic mass is 16.5. The van der Waals surface area contributed by atoms with Crippen LogP contribution >= 0.6 is 0 Å². The summed E-state index contributed by atoms with van der Waals surface area (Å²) in [6.07, 6.45) is 1.85. The van der Waals surface area contributed by atoms with Gasteiger partial charge < -0.3 is 19.7 Å². The molecule has 0 aliphatic carbocycles. The lowest BCUT2D eigenvalue weighted by molar-refractivity contribution is 0.206. The molecule has 1 aliphatic heterocycles. The van der Waals surface area contributed by atoms with Gasteiger partial charge >= 0.3 is 6.03 Å². The van der Waals surface area contributed by atoms with Gasteiger partial charge in [-0.1, -0.05) is 48.5 Å². The molecule has 1 N–H and O–H groups in total. The summed E-state index contributed by atoms with van der Waals surface area (Å²) in [5.41, 5.74) is 3.88. The van der Waals surface area contributed by atoms with Crippen molar-refractivity contribution in [2.45, 2.75) is 18.9 Å². The molecule has 1 atom stereocenters. The Morgan fingerprint density at radius 2 is 1.73 bits per heavy atom. The Bertz CT molecular complexity index is 1020. The van der Waals surface area contributed by atoms with Gasteiger partial charge in [0.25, 0.3) is 0 Å². The number of benzene rings is 3. The zero-order valence-electron chi connectivity index (χ0n) is 17.3. The highest BCUT2D eigenvalue weighted by Gasteiger charge is 2.32. The molecular weight excluding hydrogens is 376 g/mol. The van der Waals surface area contributed by atoms with E-state index in [0.717, 1.165) is 46.7 Å². The van der Waals surface area contributed by atoms with Crippen LogP contribution in [0.1, 0.15) is 24.4 Å². The lowest BCUT2D eigenvalue weighted by Crippen LogP contribution is -2.34. The van der Waals surface area contributed by atoms with Crippen LogP contribution in [0.3, 0.4) is 0 Å². The number of nitrogens with zero attached hydrogens (tertiary/aromatic N) is 1. The topological polar surface area (TPSA) is 50.8 Å². The third-order valence-corrected chi connectivity index (χ3v) is 5.57. The predicted octanol–water partition coefficient (Wildman–Crippen LogP) is 5.74. The average molecular weight is 402 g/mol. The first-order valence-electron chi connectivity index (χ1n) is 10.1. The lowest BCUT2D eigenvalue weighted by Gasteiger charge is -2.27. The zero-order chi connectivity index (χ0) is 20.9. The van der Waals surface area contributed by atoms with E-state index in [0.29, 0.717) is 6.54 Å². The Kier molecular flexibility index (Phi) is 5.89. The first-order valence-corrected chi connectivity index (χ1v) is 10.1. The molecule has 0 radical (unpaired) electrons. The highest BCUT2D eigenvalue weighted by molar-refractivity contribution is 5.94. The number of likely N-dealkylation sites (tertiary alicyclic amines) is 1. The SMILES string of the molecule is COc1ccc(C2CCCN2C(=O)Nc2ccccc2-c2ccccc2)c(OC)c1. The molecule has 0 aromatic heterocycles. The van der Waals surface area contributed by atoms with Crippen molar-refractivity contribution in [3.05, 3.63) is 78.4 Å². The molecule has 1 aliphatic rings. The minimum atomic E-state index is -0.0984. The smallest absolute Gasteiger partial charge is 0.322 e. The largest absolute Gasteiger partial charge is 0.497 e. The summed E-state index contributed by atoms with van der Waals surface area (Å²) in [6, 6.07) is 23.6. The van der Waals surface area contributed by atoms with Crippen molar-refractivity contribution in [3.63, 3.8) is 0 Å². The van der Waals surface area contributed by atoms with Crippen LogP contribution in [-0.2, 0) is 0 Å². The van der Waals surface area contributed by atoms with Gasteiger partial charge in [0.15, 0.2) is 0 Å². The van der Waals surface area contributed by atoms with Crippen molar-refractivity contribution in [2.24, 2.45) is 0 Å². The molecule has 1 unspecified atom stereocenters. The second kappa shape index (κ2) is 8.91. The first kappa shape index (κ1) is 19.8. The summed E-state index contributed by atoms with van der Waals surface area (Å²) >= 11 is 0. The van der Waals surface area contributed by atoms with E-state index in [1.54, 1.807) is 14.2 Å². The van der Waals surface area contributed by atoms with E-state index >= 15 is 0 Å². The second-order valence-corrected chi connectivity index (χ2v) is 7.30. The molecule has 3 aromatic carbocycles. The number of carbonyl (C=O) groups is 1. The maximum absolute atomic E-state index is 13.3. The summed E-state index contributed by atoms with van der Waals surface area (Å²) in [5, 5.41) is 3.13. The molecule has 2 amide bonds. The number of ether oxygens (including phenoxy) is 2. The number of rotatable bonds is 5. The molecule has 1 saturated heterocycles. The van der Waals surface area contributed by atoms with Crippen LogP contribution in [-0.4, -0.2) is 31.7 Å². The number of para-hydroxylation sites is 1. The minimum absolute atomic E-state index is 0.0326. The van der Waals surface area contributed by atoms with E-state index in [2.05, 4.69) is 5.32 Å². The van der Waals surface area contributed by atoms with Crippen LogP contribution in [0.25, 0.3) is 11.1 Å². The van der Waals surface area contributed by atoms with Crippen LogP contribution in [0.2, 0.25) is 0 Å². The number of hydrogen-bond donors (Lipinski definition) is 1. The van der Waals surface area contributed by atoms with E-state index in [4.69, 9.17) is 9.47 Å². The van der Waals surface area contributed by atoms with Gasteiger partial charge in [0.2, 0.25) is 0 Å². The van der Waals surface area contributed by atoms with Crippen LogP contribution < -0.4 is 14.8 Å². The summed E-state index contributed by atoms with van der Waals surface area (Å²) in [5.74, 6) is 1.48. The highest BCUT2D eigenvalue weighted by Crippen LogP contribution is 2.39. The predicted molar refractivity (Wildman–Crippen MR) is 119 cm³/mol. The van der Waals surface area contributed by atoms with Gasteiger partial charge in [-0.2, -0.15) is 0 Å². The molecular formula is C25H26N2O3. The molecule has 1 fully saturated rings. The van der Waals surface area contributed by atoms with Crippen LogP contribution in [0.5, 0.6) is 11.5 Å². The second-order valence-electron chi connectivity index (χ2n) is 7.30. The number of carbonyl (C=O) groups excluding carboxylic acids is 1. The van der Waals surface area contributed by atoms with Gasteiger partial charge in [0.05, 0.1) is 25.9 Å². The summed E-state index contributed by atoms with van der Waals surface area (Å²) < 4.78 is 10.9. The molecule has 4 rings (SSSR count). The van der Waals surface area contributed by atoms with E-state index in [1.807, 2.05) is 77.7 Å². The number of urea groups is 1. The molecule has 0 spiro atoms. The molecule has 5 nitrogen and oxygen atoms in total. The Hall–Kier alpha value is -3.47. The number of methoxy groups -OCH3 is 2. The molecule has 1 heterocycles. The van der Waals surface area contributed by atoms with Gasteiger partial charge in [-0.25, -0.2) is 4.79 Å².